The Morgan fingerprint density at radius 1 is 1.24 bits per heavy atom. The number of rotatable bonds is 5. The second-order valence-corrected chi connectivity index (χ2v) is 6.38. The molecule has 0 saturated heterocycles. The van der Waals surface area contributed by atoms with Crippen molar-refractivity contribution in [2.75, 3.05) is 6.16 Å². The molecule has 0 aromatic rings. The maximum Gasteiger partial charge on any atom is 0.389 e. The first-order valence-corrected chi connectivity index (χ1v) is 7.62. The average Bonchev–Trinajstić information content (AvgIpc) is 2.15. The lowest BCUT2D eigenvalue weighted by Gasteiger charge is -2.24. The first kappa shape index (κ1) is 15.0. The fraction of sp³-hybridized carbons (Fsp3) is 1.00. The number of hydrogen-bond donors (Lipinski definition) is 1. The molecule has 0 aromatic carbocycles. The molecule has 7 heteroatoms. The van der Waals surface area contributed by atoms with Crippen LogP contribution in [-0.4, -0.2) is 23.3 Å². The fourth-order valence-electron chi connectivity index (χ4n) is 1.94. The van der Waals surface area contributed by atoms with E-state index in [2.05, 4.69) is 0 Å². The highest BCUT2D eigenvalue weighted by Gasteiger charge is 2.30. The van der Waals surface area contributed by atoms with Gasteiger partial charge in [-0.3, -0.25) is 4.57 Å². The van der Waals surface area contributed by atoms with Gasteiger partial charge in [0.1, 0.15) is 0 Å². The van der Waals surface area contributed by atoms with Gasteiger partial charge in [0.2, 0.25) is 0 Å². The summed E-state index contributed by atoms with van der Waals surface area (Å²) in [7, 11) is -3.85. The summed E-state index contributed by atoms with van der Waals surface area (Å²) in [4.78, 5) is 9.43. The van der Waals surface area contributed by atoms with Crippen LogP contribution in [-0.2, 0) is 9.09 Å². The molecule has 0 radical (unpaired) electrons. The molecular weight excluding hydrogens is 256 g/mol. The van der Waals surface area contributed by atoms with Gasteiger partial charge in [-0.15, -0.1) is 0 Å². The lowest BCUT2D eigenvalue weighted by Crippen LogP contribution is -2.16. The fourth-order valence-corrected chi connectivity index (χ4v) is 3.28. The highest BCUT2D eigenvalue weighted by molar-refractivity contribution is 7.52. The molecule has 1 atom stereocenters. The van der Waals surface area contributed by atoms with Crippen molar-refractivity contribution >= 4 is 7.60 Å². The van der Waals surface area contributed by atoms with Crippen LogP contribution in [0.3, 0.4) is 0 Å². The van der Waals surface area contributed by atoms with Gasteiger partial charge in [0.25, 0.3) is 0 Å². The Bertz CT molecular complexity index is 274. The zero-order chi connectivity index (χ0) is 12.9. The second kappa shape index (κ2) is 6.21. The smallest absolute Gasteiger partial charge is 0.324 e. The standard InChI is InChI=1S/C10H18F3O3P/c11-10(12,13)7-4-8-17(14,15)16-9-5-2-1-3-6-9/h9H,1-8H2,(H,14,15). The van der Waals surface area contributed by atoms with Crippen molar-refractivity contribution in [3.63, 3.8) is 0 Å². The largest absolute Gasteiger partial charge is 0.389 e. The Kier molecular flexibility index (Phi) is 5.48. The van der Waals surface area contributed by atoms with Crippen LogP contribution in [0.15, 0.2) is 0 Å². The molecule has 17 heavy (non-hydrogen) atoms. The van der Waals surface area contributed by atoms with E-state index in [1.165, 1.54) is 0 Å². The molecule has 1 aliphatic carbocycles. The summed E-state index contributed by atoms with van der Waals surface area (Å²) in [5.41, 5.74) is 0. The molecule has 1 aliphatic rings. The molecule has 3 nitrogen and oxygen atoms in total. The van der Waals surface area contributed by atoms with Crippen molar-refractivity contribution in [3.05, 3.63) is 0 Å². The van der Waals surface area contributed by atoms with Crippen LogP contribution in [0.5, 0.6) is 0 Å². The monoisotopic (exact) mass is 274 g/mol. The predicted molar refractivity (Wildman–Crippen MR) is 57.9 cm³/mol. The molecule has 1 unspecified atom stereocenters. The molecule has 1 rings (SSSR count). The van der Waals surface area contributed by atoms with E-state index >= 15 is 0 Å². The SMILES string of the molecule is O=P(O)(CCCC(F)(F)F)OC1CCCCC1. The minimum Gasteiger partial charge on any atom is -0.324 e. The summed E-state index contributed by atoms with van der Waals surface area (Å²) in [6.45, 7) is 0. The van der Waals surface area contributed by atoms with Crippen molar-refractivity contribution < 1.29 is 27.2 Å². The summed E-state index contributed by atoms with van der Waals surface area (Å²) >= 11 is 0. The number of alkyl halides is 3. The summed E-state index contributed by atoms with van der Waals surface area (Å²) in [6.07, 6.45) is -1.90. The van der Waals surface area contributed by atoms with Crippen LogP contribution in [0, 0.1) is 0 Å². The number of halogens is 3. The van der Waals surface area contributed by atoms with Crippen LogP contribution in [0.1, 0.15) is 44.9 Å². The first-order chi connectivity index (χ1) is 7.79. The summed E-state index contributed by atoms with van der Waals surface area (Å²) < 4.78 is 52.2. The lowest BCUT2D eigenvalue weighted by atomic mass is 9.98. The third-order valence-electron chi connectivity index (χ3n) is 2.77. The Morgan fingerprint density at radius 2 is 1.82 bits per heavy atom. The molecule has 0 amide bonds. The summed E-state index contributed by atoms with van der Waals surface area (Å²) in [5.74, 6) is 0. The van der Waals surface area contributed by atoms with Crippen molar-refractivity contribution in [2.45, 2.75) is 57.2 Å². The second-order valence-electron chi connectivity index (χ2n) is 4.45. The minimum atomic E-state index is -4.27. The average molecular weight is 274 g/mol. The molecule has 1 fully saturated rings. The van der Waals surface area contributed by atoms with E-state index in [1.807, 2.05) is 0 Å². The van der Waals surface area contributed by atoms with Crippen molar-refractivity contribution in [2.24, 2.45) is 0 Å². The Hall–Kier alpha value is -0.0600. The van der Waals surface area contributed by atoms with Crippen LogP contribution in [0.25, 0.3) is 0 Å². The van der Waals surface area contributed by atoms with Crippen molar-refractivity contribution in [3.8, 4) is 0 Å². The minimum absolute atomic E-state index is 0.259. The molecular formula is C10H18F3O3P. The van der Waals surface area contributed by atoms with Crippen LogP contribution >= 0.6 is 7.60 Å². The predicted octanol–water partition coefficient (Wildman–Crippen LogP) is 3.86. The lowest BCUT2D eigenvalue weighted by molar-refractivity contribution is -0.134. The van der Waals surface area contributed by atoms with Gasteiger partial charge in [-0.05, 0) is 19.3 Å². The third-order valence-corrected chi connectivity index (χ3v) is 4.28. The van der Waals surface area contributed by atoms with Gasteiger partial charge in [-0.2, -0.15) is 13.2 Å². The molecule has 0 spiro atoms. The molecule has 0 aliphatic heterocycles. The Morgan fingerprint density at radius 3 is 2.35 bits per heavy atom. The molecule has 0 aromatic heterocycles. The van der Waals surface area contributed by atoms with Gasteiger partial charge in [0.15, 0.2) is 0 Å². The van der Waals surface area contributed by atoms with E-state index in [4.69, 9.17) is 4.52 Å². The normalized spacial score (nSPS) is 22.4. The van der Waals surface area contributed by atoms with Crippen LogP contribution < -0.4 is 0 Å². The van der Waals surface area contributed by atoms with E-state index in [0.29, 0.717) is 0 Å². The third kappa shape index (κ3) is 7.06. The molecule has 1 saturated carbocycles. The maximum atomic E-state index is 11.9. The van der Waals surface area contributed by atoms with Gasteiger partial charge < -0.3 is 9.42 Å². The highest BCUT2D eigenvalue weighted by atomic mass is 31.2. The Labute approximate surface area is 98.9 Å². The summed E-state index contributed by atoms with van der Waals surface area (Å²) in [5, 5.41) is 0. The van der Waals surface area contributed by atoms with Gasteiger partial charge in [-0.1, -0.05) is 19.3 Å². The highest BCUT2D eigenvalue weighted by Crippen LogP contribution is 2.46. The molecule has 1 N–H and O–H groups in total. The molecule has 0 heterocycles. The van der Waals surface area contributed by atoms with Gasteiger partial charge in [0.05, 0.1) is 12.3 Å². The first-order valence-electron chi connectivity index (χ1n) is 5.85. The van der Waals surface area contributed by atoms with E-state index in [1.54, 1.807) is 0 Å². The van der Waals surface area contributed by atoms with E-state index in [0.717, 1.165) is 32.1 Å². The molecule has 102 valence electrons. The summed E-state index contributed by atoms with van der Waals surface area (Å²) in [6, 6.07) is 0. The van der Waals surface area contributed by atoms with Crippen molar-refractivity contribution in [1.29, 1.82) is 0 Å². The van der Waals surface area contributed by atoms with Crippen LogP contribution in [0.4, 0.5) is 13.2 Å². The van der Waals surface area contributed by atoms with Crippen LogP contribution in [0.2, 0.25) is 0 Å². The zero-order valence-electron chi connectivity index (χ0n) is 9.58. The van der Waals surface area contributed by atoms with Crippen molar-refractivity contribution in [1.82, 2.24) is 0 Å². The number of hydrogen-bond acceptors (Lipinski definition) is 2. The van der Waals surface area contributed by atoms with Gasteiger partial charge >= 0.3 is 13.8 Å². The van der Waals surface area contributed by atoms with E-state index in [9.17, 15) is 22.6 Å². The van der Waals surface area contributed by atoms with Gasteiger partial charge in [0, 0.05) is 6.42 Å². The Balaban J connectivity index is 2.27. The zero-order valence-corrected chi connectivity index (χ0v) is 10.5. The molecule has 0 bridgehead atoms. The maximum absolute atomic E-state index is 11.9. The topological polar surface area (TPSA) is 46.5 Å². The van der Waals surface area contributed by atoms with Gasteiger partial charge in [-0.25, -0.2) is 0 Å². The van der Waals surface area contributed by atoms with E-state index < -0.39 is 26.4 Å². The quantitative estimate of drug-likeness (QED) is 0.774. The van der Waals surface area contributed by atoms with E-state index in [-0.39, 0.29) is 12.5 Å².